The van der Waals surface area contributed by atoms with E-state index in [0.717, 1.165) is 30.4 Å². The largest absolute Gasteiger partial charge is 0.393 e. The lowest BCUT2D eigenvalue weighted by Crippen LogP contribution is -2.33. The summed E-state index contributed by atoms with van der Waals surface area (Å²) in [6.07, 6.45) is 3.64. The van der Waals surface area contributed by atoms with Crippen molar-refractivity contribution in [3.05, 3.63) is 77.6 Å². The second-order valence-electron chi connectivity index (χ2n) is 9.71. The third kappa shape index (κ3) is 9.38. The maximum absolute atomic E-state index is 12.1. The van der Waals surface area contributed by atoms with Crippen LogP contribution in [0.3, 0.4) is 0 Å². The second kappa shape index (κ2) is 15.3. The molecule has 3 aromatic rings. The summed E-state index contributed by atoms with van der Waals surface area (Å²) >= 11 is 5.04. The van der Waals surface area contributed by atoms with Crippen LogP contribution >= 0.6 is 12.2 Å². The SMILES string of the molecule is CC(C)[C@@H](CC(N)=S)c1ccc(C(=O)NOC2CCCCO2)cc1.CCC(=O)c1cc(-c2ccccc2)no1. The van der Waals surface area contributed by atoms with Gasteiger partial charge in [-0.15, -0.1) is 0 Å². The summed E-state index contributed by atoms with van der Waals surface area (Å²) in [7, 11) is 0. The van der Waals surface area contributed by atoms with Crippen molar-refractivity contribution in [3.8, 4) is 11.3 Å². The molecule has 1 fully saturated rings. The number of aromatic nitrogens is 1. The average molecular weight is 552 g/mol. The normalized spacial score (nSPS) is 15.6. The van der Waals surface area contributed by atoms with Gasteiger partial charge in [0.15, 0.2) is 6.29 Å². The van der Waals surface area contributed by atoms with Gasteiger partial charge in [-0.2, -0.15) is 0 Å². The number of nitrogens with zero attached hydrogens (tertiary/aromatic N) is 1. The minimum atomic E-state index is -0.349. The predicted molar refractivity (Wildman–Crippen MR) is 154 cm³/mol. The first kappa shape index (κ1) is 30.1. The molecule has 0 aliphatic carbocycles. The maximum Gasteiger partial charge on any atom is 0.274 e. The van der Waals surface area contributed by atoms with Gasteiger partial charge in [-0.05, 0) is 42.4 Å². The summed E-state index contributed by atoms with van der Waals surface area (Å²) in [5.41, 5.74) is 11.5. The zero-order valence-electron chi connectivity index (χ0n) is 22.7. The lowest BCUT2D eigenvalue weighted by molar-refractivity contribution is -0.186. The highest BCUT2D eigenvalue weighted by molar-refractivity contribution is 7.80. The standard InChI is InChI=1S/C18H26N2O3S.C12H11NO2/c1-12(2)15(11-16(19)24)13-6-8-14(9-7-13)18(21)20-23-17-5-3-4-10-22-17;1-2-11(14)12-8-10(13-15-12)9-6-4-3-5-7-9/h6-9,12,15,17H,3-5,10-11H2,1-2H3,(H2,19,24)(H,20,21);3-8H,2H2,1H3/t15-,17?;/m1./s1. The summed E-state index contributed by atoms with van der Waals surface area (Å²) in [4.78, 5) is 29.3. The molecule has 0 radical (unpaired) electrons. The van der Waals surface area contributed by atoms with Crippen molar-refractivity contribution in [2.45, 2.75) is 65.1 Å². The van der Waals surface area contributed by atoms with Gasteiger partial charge in [-0.1, -0.05) is 80.6 Å². The first-order chi connectivity index (χ1) is 18.8. The topological polar surface area (TPSA) is 117 Å². The number of hydrogen-bond acceptors (Lipinski definition) is 7. The van der Waals surface area contributed by atoms with E-state index >= 15 is 0 Å². The van der Waals surface area contributed by atoms with Crippen molar-refractivity contribution in [1.29, 1.82) is 0 Å². The zero-order chi connectivity index (χ0) is 28.2. The number of ether oxygens (including phenoxy) is 1. The van der Waals surface area contributed by atoms with Crippen molar-refractivity contribution in [2.75, 3.05) is 6.61 Å². The van der Waals surface area contributed by atoms with E-state index in [9.17, 15) is 9.59 Å². The number of hydroxylamine groups is 1. The number of carbonyl (C=O) groups is 2. The Morgan fingerprint density at radius 1 is 1.13 bits per heavy atom. The fourth-order valence-corrected chi connectivity index (χ4v) is 4.32. The smallest absolute Gasteiger partial charge is 0.274 e. The van der Waals surface area contributed by atoms with Crippen molar-refractivity contribution in [1.82, 2.24) is 10.6 Å². The second-order valence-corrected chi connectivity index (χ2v) is 10.2. The first-order valence-corrected chi connectivity index (χ1v) is 13.7. The molecule has 3 N–H and O–H groups in total. The van der Waals surface area contributed by atoms with Crippen LogP contribution in [0.15, 0.2) is 65.2 Å². The molecule has 2 aromatic carbocycles. The number of benzene rings is 2. The molecule has 1 aliphatic heterocycles. The third-order valence-electron chi connectivity index (χ3n) is 6.42. The van der Waals surface area contributed by atoms with E-state index in [4.69, 9.17) is 32.0 Å². The van der Waals surface area contributed by atoms with Gasteiger partial charge in [0, 0.05) is 43.1 Å². The van der Waals surface area contributed by atoms with Crippen LogP contribution in [0.4, 0.5) is 0 Å². The quantitative estimate of drug-likeness (QED) is 0.173. The van der Waals surface area contributed by atoms with Gasteiger partial charge in [-0.25, -0.2) is 10.3 Å². The van der Waals surface area contributed by atoms with Crippen molar-refractivity contribution in [2.24, 2.45) is 11.7 Å². The molecular formula is C30H37N3O5S. The molecular weight excluding hydrogens is 514 g/mol. The van der Waals surface area contributed by atoms with Crippen LogP contribution in [0.5, 0.6) is 0 Å². The van der Waals surface area contributed by atoms with E-state index in [0.29, 0.717) is 47.4 Å². The van der Waals surface area contributed by atoms with Gasteiger partial charge in [0.05, 0.1) is 4.99 Å². The number of ketones is 1. The van der Waals surface area contributed by atoms with E-state index in [-0.39, 0.29) is 23.9 Å². The van der Waals surface area contributed by atoms with E-state index in [2.05, 4.69) is 24.5 Å². The number of nitrogens with one attached hydrogen (secondary N) is 1. The lowest BCUT2D eigenvalue weighted by atomic mass is 9.85. The minimum Gasteiger partial charge on any atom is -0.393 e. The van der Waals surface area contributed by atoms with E-state index in [1.165, 1.54) is 0 Å². The summed E-state index contributed by atoms with van der Waals surface area (Å²) < 4.78 is 10.4. The molecule has 8 nitrogen and oxygen atoms in total. The Morgan fingerprint density at radius 2 is 1.85 bits per heavy atom. The number of rotatable bonds is 10. The Bertz CT molecular complexity index is 1200. The van der Waals surface area contributed by atoms with Crippen LogP contribution in [0.2, 0.25) is 0 Å². The molecule has 2 heterocycles. The van der Waals surface area contributed by atoms with Gasteiger partial charge >= 0.3 is 0 Å². The fraction of sp³-hybridized carbons (Fsp3) is 0.400. The van der Waals surface area contributed by atoms with Gasteiger partial charge in [0.25, 0.3) is 5.91 Å². The molecule has 2 atom stereocenters. The number of nitrogens with two attached hydrogens (primary N) is 1. The Balaban J connectivity index is 0.000000239. The third-order valence-corrected chi connectivity index (χ3v) is 6.59. The van der Waals surface area contributed by atoms with Gasteiger partial charge in [-0.3, -0.25) is 9.59 Å². The Morgan fingerprint density at radius 3 is 2.44 bits per heavy atom. The summed E-state index contributed by atoms with van der Waals surface area (Å²) in [6.45, 7) is 6.75. The predicted octanol–water partition coefficient (Wildman–Crippen LogP) is 6.22. The van der Waals surface area contributed by atoms with Crippen molar-refractivity contribution in [3.63, 3.8) is 0 Å². The van der Waals surface area contributed by atoms with E-state index in [1.807, 2.05) is 42.5 Å². The van der Waals surface area contributed by atoms with E-state index < -0.39 is 0 Å². The molecule has 9 heteroatoms. The Kier molecular flexibility index (Phi) is 11.8. The molecule has 0 saturated carbocycles. The van der Waals surface area contributed by atoms with Crippen LogP contribution < -0.4 is 11.2 Å². The minimum absolute atomic E-state index is 0.0234. The average Bonchev–Trinajstić information content (AvgIpc) is 3.46. The number of carbonyl (C=O) groups excluding carboxylic acids is 2. The number of thiocarbonyl (C=S) groups is 1. The summed E-state index contributed by atoms with van der Waals surface area (Å²) in [5, 5.41) is 3.86. The molecule has 208 valence electrons. The highest BCUT2D eigenvalue weighted by Gasteiger charge is 2.19. The van der Waals surface area contributed by atoms with Crippen molar-refractivity contribution < 1.29 is 23.7 Å². The fourth-order valence-electron chi connectivity index (χ4n) is 4.14. The molecule has 1 unspecified atom stereocenters. The number of Topliss-reactive ketones (excluding diaryl/α,β-unsaturated/α-hetero) is 1. The molecule has 1 saturated heterocycles. The van der Waals surface area contributed by atoms with Gasteiger partial charge in [0.2, 0.25) is 11.5 Å². The summed E-state index contributed by atoms with van der Waals surface area (Å²) in [5.74, 6) is 0.705. The van der Waals surface area contributed by atoms with Gasteiger partial charge in [0.1, 0.15) is 5.69 Å². The molecule has 1 amide bonds. The molecule has 1 aliphatic rings. The number of hydrogen-bond donors (Lipinski definition) is 2. The Labute approximate surface area is 235 Å². The van der Waals surface area contributed by atoms with Crippen LogP contribution in [-0.4, -0.2) is 34.7 Å². The monoisotopic (exact) mass is 551 g/mol. The molecule has 39 heavy (non-hydrogen) atoms. The first-order valence-electron chi connectivity index (χ1n) is 13.3. The van der Waals surface area contributed by atoms with Crippen LogP contribution in [-0.2, 0) is 9.57 Å². The zero-order valence-corrected chi connectivity index (χ0v) is 23.5. The summed E-state index contributed by atoms with van der Waals surface area (Å²) in [6, 6.07) is 18.8. The highest BCUT2D eigenvalue weighted by atomic mass is 32.1. The van der Waals surface area contributed by atoms with E-state index in [1.54, 1.807) is 25.1 Å². The van der Waals surface area contributed by atoms with Crippen LogP contribution in [0, 0.1) is 5.92 Å². The molecule has 0 spiro atoms. The van der Waals surface area contributed by atoms with Gasteiger partial charge < -0.3 is 15.0 Å². The van der Waals surface area contributed by atoms with Crippen molar-refractivity contribution >= 4 is 28.9 Å². The maximum atomic E-state index is 12.1. The van der Waals surface area contributed by atoms with Crippen LogP contribution in [0.25, 0.3) is 11.3 Å². The van der Waals surface area contributed by atoms with Crippen LogP contribution in [0.1, 0.15) is 85.3 Å². The molecule has 1 aromatic heterocycles. The highest BCUT2D eigenvalue weighted by Crippen LogP contribution is 2.28. The number of amides is 1. The molecule has 0 bridgehead atoms. The lowest BCUT2D eigenvalue weighted by Gasteiger charge is -2.22. The Hall–Kier alpha value is -3.40. The molecule has 4 rings (SSSR count).